The van der Waals surface area contributed by atoms with Crippen LogP contribution in [0.2, 0.25) is 0 Å². The molecule has 0 saturated heterocycles. The lowest BCUT2D eigenvalue weighted by atomic mass is 9.92. The number of carbonyl (C=O) groups is 1. The van der Waals surface area contributed by atoms with E-state index in [1.807, 2.05) is 0 Å². The van der Waals surface area contributed by atoms with Gasteiger partial charge in [0.15, 0.2) is 0 Å². The highest BCUT2D eigenvalue weighted by Crippen LogP contribution is 2.41. The van der Waals surface area contributed by atoms with Gasteiger partial charge in [0.2, 0.25) is 0 Å². The molecule has 0 atom stereocenters. The van der Waals surface area contributed by atoms with Gasteiger partial charge in [-0.3, -0.25) is 0 Å². The zero-order valence-corrected chi connectivity index (χ0v) is 12.3. The number of carboxylic acids is 1. The summed E-state index contributed by atoms with van der Waals surface area (Å²) in [5, 5.41) is 8.66. The molecule has 2 aromatic rings. The van der Waals surface area contributed by atoms with E-state index in [1.54, 1.807) is 0 Å². The van der Waals surface area contributed by atoms with Crippen LogP contribution in [0, 0.1) is 0 Å². The van der Waals surface area contributed by atoms with Gasteiger partial charge in [0.25, 0.3) is 0 Å². The third kappa shape index (κ3) is 4.40. The summed E-state index contributed by atoms with van der Waals surface area (Å²) in [6.45, 7) is 0. The molecule has 0 amide bonds. The van der Waals surface area contributed by atoms with Crippen LogP contribution in [-0.2, 0) is 17.1 Å². The van der Waals surface area contributed by atoms with Crippen molar-refractivity contribution in [2.45, 2.75) is 12.4 Å². The van der Waals surface area contributed by atoms with Crippen LogP contribution in [0.3, 0.4) is 0 Å². The lowest BCUT2D eigenvalue weighted by Crippen LogP contribution is -2.09. The molecular weight excluding hydrogens is 350 g/mol. The molecule has 2 aromatic carbocycles. The molecule has 2 nitrogen and oxygen atoms in total. The van der Waals surface area contributed by atoms with Crippen molar-refractivity contribution in [2.75, 3.05) is 0 Å². The average molecular weight is 360 g/mol. The highest BCUT2D eigenvalue weighted by Gasteiger charge is 2.35. The van der Waals surface area contributed by atoms with Crippen LogP contribution in [0.15, 0.2) is 48.5 Å². The molecule has 0 aliphatic heterocycles. The number of halogens is 6. The smallest absolute Gasteiger partial charge is 0.417 e. The summed E-state index contributed by atoms with van der Waals surface area (Å²) in [5.41, 5.74) is -3.24. The van der Waals surface area contributed by atoms with E-state index in [0.717, 1.165) is 36.4 Å². The Morgan fingerprint density at radius 3 is 2.12 bits per heavy atom. The zero-order valence-electron chi connectivity index (χ0n) is 12.3. The van der Waals surface area contributed by atoms with E-state index < -0.39 is 35.0 Å². The van der Waals surface area contributed by atoms with Gasteiger partial charge in [-0.15, -0.1) is 0 Å². The van der Waals surface area contributed by atoms with Crippen LogP contribution in [0.25, 0.3) is 17.2 Å². The van der Waals surface area contributed by atoms with Crippen LogP contribution < -0.4 is 0 Å². The summed E-state index contributed by atoms with van der Waals surface area (Å²) in [7, 11) is 0. The molecule has 25 heavy (non-hydrogen) atoms. The standard InChI is InChI=1S/C17H10F6O2/c18-16(19,20)12-5-1-4-11(9-12)15-10(7-8-14(24)25)3-2-6-13(15)17(21,22)23/h1-9H,(H,24,25)/b8-7+. The van der Waals surface area contributed by atoms with E-state index in [0.29, 0.717) is 12.1 Å². The van der Waals surface area contributed by atoms with Crippen molar-refractivity contribution in [3.8, 4) is 11.1 Å². The van der Waals surface area contributed by atoms with Gasteiger partial charge >= 0.3 is 18.3 Å². The topological polar surface area (TPSA) is 37.3 Å². The molecule has 0 aliphatic carbocycles. The van der Waals surface area contributed by atoms with E-state index in [1.165, 1.54) is 6.07 Å². The maximum atomic E-state index is 13.3. The van der Waals surface area contributed by atoms with Crippen LogP contribution >= 0.6 is 0 Å². The Kier molecular flexibility index (Phi) is 4.92. The summed E-state index contributed by atoms with van der Waals surface area (Å²) in [4.78, 5) is 10.6. The normalized spacial score (nSPS) is 12.6. The predicted molar refractivity (Wildman–Crippen MR) is 78.6 cm³/mol. The molecule has 0 aromatic heterocycles. The Labute approximate surface area is 138 Å². The number of hydrogen-bond donors (Lipinski definition) is 1. The molecule has 1 N–H and O–H groups in total. The molecule has 0 saturated carbocycles. The molecule has 0 heterocycles. The third-order valence-electron chi connectivity index (χ3n) is 3.29. The number of benzene rings is 2. The summed E-state index contributed by atoms with van der Waals surface area (Å²) < 4.78 is 78.4. The Balaban J connectivity index is 2.75. The zero-order chi connectivity index (χ0) is 18.8. The Hall–Kier alpha value is -2.77. The average Bonchev–Trinajstić information content (AvgIpc) is 2.51. The third-order valence-corrected chi connectivity index (χ3v) is 3.29. The van der Waals surface area contributed by atoms with Gasteiger partial charge in [-0.1, -0.05) is 24.3 Å². The minimum Gasteiger partial charge on any atom is -0.478 e. The fourth-order valence-corrected chi connectivity index (χ4v) is 2.28. The first-order chi connectivity index (χ1) is 11.5. The maximum Gasteiger partial charge on any atom is 0.417 e. The molecule has 0 radical (unpaired) electrons. The van der Waals surface area contributed by atoms with Gasteiger partial charge in [-0.05, 0) is 35.4 Å². The predicted octanol–water partition coefficient (Wildman–Crippen LogP) is 5.49. The van der Waals surface area contributed by atoms with Gasteiger partial charge in [-0.25, -0.2) is 4.79 Å². The van der Waals surface area contributed by atoms with Crippen molar-refractivity contribution in [1.82, 2.24) is 0 Å². The summed E-state index contributed by atoms with van der Waals surface area (Å²) >= 11 is 0. The molecule has 0 bridgehead atoms. The molecular formula is C17H10F6O2. The molecule has 0 unspecified atom stereocenters. The van der Waals surface area contributed by atoms with Crippen molar-refractivity contribution >= 4 is 12.0 Å². The minimum atomic E-state index is -4.82. The summed E-state index contributed by atoms with van der Waals surface area (Å²) in [6, 6.07) is 6.43. The highest BCUT2D eigenvalue weighted by atomic mass is 19.4. The second kappa shape index (κ2) is 6.62. The van der Waals surface area contributed by atoms with Crippen LogP contribution in [-0.4, -0.2) is 11.1 Å². The molecule has 132 valence electrons. The number of rotatable bonds is 3. The Morgan fingerprint density at radius 2 is 1.56 bits per heavy atom. The Morgan fingerprint density at radius 1 is 0.920 bits per heavy atom. The molecule has 0 aliphatic rings. The number of aliphatic carboxylic acids is 1. The highest BCUT2D eigenvalue weighted by molar-refractivity contribution is 5.88. The van der Waals surface area contributed by atoms with Gasteiger partial charge in [0, 0.05) is 11.6 Å². The van der Waals surface area contributed by atoms with E-state index in [-0.39, 0.29) is 11.1 Å². The lowest BCUT2D eigenvalue weighted by molar-refractivity contribution is -0.137. The van der Waals surface area contributed by atoms with Gasteiger partial charge in [0.1, 0.15) is 0 Å². The van der Waals surface area contributed by atoms with Gasteiger partial charge in [0.05, 0.1) is 11.1 Å². The fourth-order valence-electron chi connectivity index (χ4n) is 2.28. The van der Waals surface area contributed by atoms with Crippen molar-refractivity contribution < 1.29 is 36.2 Å². The first-order valence-corrected chi connectivity index (χ1v) is 6.79. The number of carboxylic acid groups (broad SMARTS) is 1. The summed E-state index contributed by atoms with van der Waals surface area (Å²) in [6.07, 6.45) is -8.02. The largest absolute Gasteiger partial charge is 0.478 e. The first kappa shape index (κ1) is 18.6. The van der Waals surface area contributed by atoms with E-state index >= 15 is 0 Å². The van der Waals surface area contributed by atoms with Crippen LogP contribution in [0.5, 0.6) is 0 Å². The lowest BCUT2D eigenvalue weighted by Gasteiger charge is -2.17. The monoisotopic (exact) mass is 360 g/mol. The van der Waals surface area contributed by atoms with E-state index in [9.17, 15) is 31.1 Å². The van der Waals surface area contributed by atoms with Crippen molar-refractivity contribution in [3.05, 3.63) is 65.2 Å². The second-order valence-electron chi connectivity index (χ2n) is 5.02. The summed E-state index contributed by atoms with van der Waals surface area (Å²) in [5.74, 6) is -1.40. The van der Waals surface area contributed by atoms with Crippen molar-refractivity contribution in [2.24, 2.45) is 0 Å². The maximum absolute atomic E-state index is 13.3. The molecule has 8 heteroatoms. The van der Waals surface area contributed by atoms with Crippen LogP contribution in [0.4, 0.5) is 26.3 Å². The SMILES string of the molecule is O=C(O)/C=C/c1cccc(C(F)(F)F)c1-c1cccc(C(F)(F)F)c1. The van der Waals surface area contributed by atoms with Crippen LogP contribution in [0.1, 0.15) is 16.7 Å². The number of alkyl halides is 6. The molecule has 2 rings (SSSR count). The van der Waals surface area contributed by atoms with Crippen molar-refractivity contribution in [3.63, 3.8) is 0 Å². The van der Waals surface area contributed by atoms with Gasteiger partial charge < -0.3 is 5.11 Å². The molecule has 0 spiro atoms. The van der Waals surface area contributed by atoms with E-state index in [2.05, 4.69) is 0 Å². The minimum absolute atomic E-state index is 0.156. The second-order valence-corrected chi connectivity index (χ2v) is 5.02. The van der Waals surface area contributed by atoms with E-state index in [4.69, 9.17) is 5.11 Å². The van der Waals surface area contributed by atoms with Crippen molar-refractivity contribution in [1.29, 1.82) is 0 Å². The number of hydrogen-bond acceptors (Lipinski definition) is 1. The fraction of sp³-hybridized carbons (Fsp3) is 0.118. The van der Waals surface area contributed by atoms with Gasteiger partial charge in [-0.2, -0.15) is 26.3 Å². The first-order valence-electron chi connectivity index (χ1n) is 6.79. The molecule has 0 fully saturated rings. The Bertz CT molecular complexity index is 819. The quantitative estimate of drug-likeness (QED) is 0.581.